The molecule has 6 nitrogen and oxygen atoms in total. The predicted molar refractivity (Wildman–Crippen MR) is 120 cm³/mol. The Morgan fingerprint density at radius 3 is 1.36 bits per heavy atom. The Morgan fingerprint density at radius 2 is 0.964 bits per heavy atom. The van der Waals surface area contributed by atoms with Crippen molar-refractivity contribution in [3.8, 4) is 0 Å². The van der Waals surface area contributed by atoms with E-state index >= 15 is 0 Å². The van der Waals surface area contributed by atoms with Crippen LogP contribution >= 0.6 is 21.6 Å². The molecule has 0 radical (unpaired) electrons. The molecular formula is C20H40N2O4S2. The zero-order valence-electron chi connectivity index (χ0n) is 17.3. The van der Waals surface area contributed by atoms with Gasteiger partial charge in [-0.25, -0.2) is 0 Å². The molecule has 0 spiro atoms. The lowest BCUT2D eigenvalue weighted by molar-refractivity contribution is -0.144. The van der Waals surface area contributed by atoms with Gasteiger partial charge >= 0.3 is 11.9 Å². The molecule has 0 aromatic heterocycles. The van der Waals surface area contributed by atoms with Gasteiger partial charge in [0.25, 0.3) is 0 Å². The Bertz CT molecular complexity index is 340. The van der Waals surface area contributed by atoms with Crippen LogP contribution in [0.5, 0.6) is 0 Å². The van der Waals surface area contributed by atoms with E-state index in [4.69, 9.17) is 20.9 Å². The minimum Gasteiger partial charge on any atom is -0.466 e. The molecule has 0 saturated heterocycles. The van der Waals surface area contributed by atoms with Gasteiger partial charge in [-0.2, -0.15) is 0 Å². The number of ether oxygens (including phenoxy) is 2. The van der Waals surface area contributed by atoms with E-state index in [-0.39, 0.29) is 11.9 Å². The summed E-state index contributed by atoms with van der Waals surface area (Å²) in [6, 6.07) is 0. The molecule has 0 aliphatic carbocycles. The van der Waals surface area contributed by atoms with Crippen LogP contribution in [0.3, 0.4) is 0 Å². The quantitative estimate of drug-likeness (QED) is 0.158. The zero-order chi connectivity index (χ0) is 20.7. The lowest BCUT2D eigenvalue weighted by atomic mass is 10.2. The van der Waals surface area contributed by atoms with Gasteiger partial charge in [0.15, 0.2) is 0 Å². The Labute approximate surface area is 179 Å². The van der Waals surface area contributed by atoms with E-state index in [1.165, 1.54) is 0 Å². The third-order valence-electron chi connectivity index (χ3n) is 4.02. The first-order valence-electron chi connectivity index (χ1n) is 10.7. The van der Waals surface area contributed by atoms with Crippen LogP contribution < -0.4 is 11.5 Å². The van der Waals surface area contributed by atoms with Crippen molar-refractivity contribution < 1.29 is 19.1 Å². The van der Waals surface area contributed by atoms with E-state index in [1.807, 2.05) is 0 Å². The predicted octanol–water partition coefficient (Wildman–Crippen LogP) is 4.05. The van der Waals surface area contributed by atoms with Crippen LogP contribution in [0.1, 0.15) is 77.0 Å². The normalized spacial score (nSPS) is 10.8. The maximum absolute atomic E-state index is 11.6. The van der Waals surface area contributed by atoms with E-state index in [1.54, 1.807) is 21.6 Å². The zero-order valence-corrected chi connectivity index (χ0v) is 19.0. The fourth-order valence-electron chi connectivity index (χ4n) is 2.38. The number of carbonyl (C=O) groups is 2. The molecule has 0 aliphatic heterocycles. The van der Waals surface area contributed by atoms with Crippen molar-refractivity contribution in [3.63, 3.8) is 0 Å². The van der Waals surface area contributed by atoms with Crippen molar-refractivity contribution in [3.05, 3.63) is 0 Å². The minimum absolute atomic E-state index is 0.102. The summed E-state index contributed by atoms with van der Waals surface area (Å²) in [5.41, 5.74) is 10.9. The molecule has 0 bridgehead atoms. The van der Waals surface area contributed by atoms with Crippen LogP contribution in [0, 0.1) is 0 Å². The lowest BCUT2D eigenvalue weighted by Crippen LogP contribution is -2.06. The molecule has 4 N–H and O–H groups in total. The largest absolute Gasteiger partial charge is 0.466 e. The number of unbranched alkanes of at least 4 members (excludes halogenated alkanes) is 6. The fraction of sp³-hybridized carbons (Fsp3) is 0.900. The number of esters is 2. The molecule has 0 amide bonds. The number of carbonyl (C=O) groups excluding carboxylic acids is 2. The highest BCUT2D eigenvalue weighted by Crippen LogP contribution is 2.23. The Hall–Kier alpha value is -0.440. The fourth-order valence-corrected chi connectivity index (χ4v) is 4.56. The van der Waals surface area contributed by atoms with Crippen molar-refractivity contribution >= 4 is 33.5 Å². The average Bonchev–Trinajstić information content (AvgIpc) is 2.69. The summed E-state index contributed by atoms with van der Waals surface area (Å²) in [5.74, 6) is 1.64. The van der Waals surface area contributed by atoms with E-state index in [2.05, 4.69) is 0 Å². The third-order valence-corrected chi connectivity index (χ3v) is 6.60. The van der Waals surface area contributed by atoms with Gasteiger partial charge < -0.3 is 20.9 Å². The van der Waals surface area contributed by atoms with Gasteiger partial charge in [0.05, 0.1) is 13.2 Å². The second kappa shape index (κ2) is 22.8. The SMILES string of the molecule is NCCCCCCOC(=O)CCCSSCCCC(=O)OCCCCCCN. The van der Waals surface area contributed by atoms with Gasteiger partial charge in [-0.1, -0.05) is 47.3 Å². The second-order valence-electron chi connectivity index (χ2n) is 6.70. The maximum atomic E-state index is 11.6. The summed E-state index contributed by atoms with van der Waals surface area (Å²) in [5, 5.41) is 0. The van der Waals surface area contributed by atoms with Crippen molar-refractivity contribution in [2.45, 2.75) is 77.0 Å². The molecule has 0 rings (SSSR count). The maximum Gasteiger partial charge on any atom is 0.305 e. The van der Waals surface area contributed by atoms with Gasteiger partial charge in [0.2, 0.25) is 0 Å². The molecule has 0 heterocycles. The smallest absolute Gasteiger partial charge is 0.305 e. The van der Waals surface area contributed by atoms with Crippen molar-refractivity contribution in [2.24, 2.45) is 11.5 Å². The van der Waals surface area contributed by atoms with Gasteiger partial charge in [-0.15, -0.1) is 0 Å². The van der Waals surface area contributed by atoms with E-state index in [9.17, 15) is 9.59 Å². The highest BCUT2D eigenvalue weighted by atomic mass is 33.1. The molecule has 0 atom stereocenters. The highest BCUT2D eigenvalue weighted by molar-refractivity contribution is 8.76. The standard InChI is InChI=1S/C20H40N2O4S2/c21-13-5-1-3-7-15-25-19(23)11-9-17-27-28-18-10-12-20(24)26-16-8-4-2-6-14-22/h1-18,21-22H2. The van der Waals surface area contributed by atoms with Crippen LogP contribution in [-0.2, 0) is 19.1 Å². The molecule has 166 valence electrons. The van der Waals surface area contributed by atoms with Crippen LogP contribution in [0.25, 0.3) is 0 Å². The molecule has 0 aromatic rings. The van der Waals surface area contributed by atoms with Crippen LogP contribution in [-0.4, -0.2) is 49.7 Å². The monoisotopic (exact) mass is 436 g/mol. The van der Waals surface area contributed by atoms with E-state index < -0.39 is 0 Å². The van der Waals surface area contributed by atoms with Crippen molar-refractivity contribution in [1.82, 2.24) is 0 Å². The van der Waals surface area contributed by atoms with Crippen LogP contribution in [0.15, 0.2) is 0 Å². The van der Waals surface area contributed by atoms with Crippen LogP contribution in [0.2, 0.25) is 0 Å². The second-order valence-corrected chi connectivity index (χ2v) is 9.40. The van der Waals surface area contributed by atoms with Crippen molar-refractivity contribution in [2.75, 3.05) is 37.8 Å². The highest BCUT2D eigenvalue weighted by Gasteiger charge is 2.04. The first-order chi connectivity index (χ1) is 13.7. The Balaban J connectivity index is 3.25. The minimum atomic E-state index is -0.102. The molecular weight excluding hydrogens is 396 g/mol. The van der Waals surface area contributed by atoms with Crippen LogP contribution in [0.4, 0.5) is 0 Å². The molecule has 0 aliphatic rings. The summed E-state index contributed by atoms with van der Waals surface area (Å²) >= 11 is 0. The molecule has 0 unspecified atom stereocenters. The Morgan fingerprint density at radius 1 is 0.571 bits per heavy atom. The molecule has 0 saturated carbocycles. The Kier molecular flexibility index (Phi) is 22.5. The first-order valence-corrected chi connectivity index (χ1v) is 13.1. The number of nitrogens with two attached hydrogens (primary N) is 2. The van der Waals surface area contributed by atoms with Crippen molar-refractivity contribution in [1.29, 1.82) is 0 Å². The van der Waals surface area contributed by atoms with Gasteiger partial charge in [-0.3, -0.25) is 9.59 Å². The summed E-state index contributed by atoms with van der Waals surface area (Å²) in [6.45, 7) is 2.51. The average molecular weight is 437 g/mol. The number of hydrogen-bond donors (Lipinski definition) is 2. The summed E-state index contributed by atoms with van der Waals surface area (Å²) in [6.07, 6.45) is 10.9. The molecule has 0 aromatic carbocycles. The summed E-state index contributed by atoms with van der Waals surface area (Å²) in [7, 11) is 3.50. The molecule has 0 fully saturated rings. The third kappa shape index (κ3) is 21.9. The van der Waals surface area contributed by atoms with E-state index in [0.29, 0.717) is 26.1 Å². The van der Waals surface area contributed by atoms with E-state index in [0.717, 1.165) is 88.8 Å². The number of rotatable bonds is 21. The molecule has 28 heavy (non-hydrogen) atoms. The first kappa shape index (κ1) is 27.6. The van der Waals surface area contributed by atoms with Gasteiger partial charge in [-0.05, 0) is 51.6 Å². The summed E-state index contributed by atoms with van der Waals surface area (Å²) < 4.78 is 10.4. The van der Waals surface area contributed by atoms with Gasteiger partial charge in [0, 0.05) is 24.3 Å². The van der Waals surface area contributed by atoms with Gasteiger partial charge in [0.1, 0.15) is 0 Å². The topological polar surface area (TPSA) is 105 Å². The molecule has 8 heteroatoms. The lowest BCUT2D eigenvalue weighted by Gasteiger charge is -2.05. The summed E-state index contributed by atoms with van der Waals surface area (Å²) in [4.78, 5) is 23.2. The number of hydrogen-bond acceptors (Lipinski definition) is 8.